The van der Waals surface area contributed by atoms with Gasteiger partial charge in [-0.05, 0) is 0 Å². The quantitative estimate of drug-likeness (QED) is 0.421. The van der Waals surface area contributed by atoms with E-state index >= 15 is 0 Å². The van der Waals surface area contributed by atoms with Crippen LogP contribution >= 0.6 is 7.92 Å². The molecule has 1 aliphatic heterocycles. The van der Waals surface area contributed by atoms with Gasteiger partial charge in [-0.1, -0.05) is 6.92 Å². The second-order valence-electron chi connectivity index (χ2n) is 7.89. The minimum absolute atomic E-state index is 0.0255. The van der Waals surface area contributed by atoms with Crippen molar-refractivity contribution < 1.29 is 28.4 Å². The van der Waals surface area contributed by atoms with Gasteiger partial charge in [0.1, 0.15) is 0 Å². The Balaban J connectivity index is 1.68. The van der Waals surface area contributed by atoms with Crippen LogP contribution in [-0.2, 0) is 14.1 Å². The Morgan fingerprint density at radius 2 is 1.81 bits per heavy atom. The van der Waals surface area contributed by atoms with Gasteiger partial charge in [0.25, 0.3) is 0 Å². The number of hydrogen-bond acceptors (Lipinski definition) is 8. The topological polar surface area (TPSA) is 131 Å². The van der Waals surface area contributed by atoms with Crippen molar-refractivity contribution in [2.45, 2.75) is 25.8 Å². The van der Waals surface area contributed by atoms with Crippen molar-refractivity contribution in [1.29, 1.82) is 0 Å². The number of aromatic nitrogens is 2. The predicted octanol–water partition coefficient (Wildman–Crippen LogP) is 2.58. The van der Waals surface area contributed by atoms with E-state index in [-0.39, 0.29) is 43.6 Å². The summed E-state index contributed by atoms with van der Waals surface area (Å²) >= 11 is 0. The Hall–Kier alpha value is -3.68. The third-order valence-electron chi connectivity index (χ3n) is 5.45. The number of carbonyl (C=O) groups is 3. The van der Waals surface area contributed by atoms with Crippen LogP contribution in [0.5, 0.6) is 5.88 Å². The van der Waals surface area contributed by atoms with Crippen LogP contribution in [0.4, 0.5) is 4.79 Å². The van der Waals surface area contributed by atoms with E-state index in [1.165, 1.54) is 23.0 Å². The van der Waals surface area contributed by atoms with Gasteiger partial charge in [0.05, 0.1) is 0 Å². The van der Waals surface area contributed by atoms with Gasteiger partial charge in [0.15, 0.2) is 0 Å². The van der Waals surface area contributed by atoms with Gasteiger partial charge in [-0.3, -0.25) is 0 Å². The monoisotopic (exact) mass is 513 g/mol. The van der Waals surface area contributed by atoms with Crippen molar-refractivity contribution in [1.82, 2.24) is 25.1 Å². The molecule has 11 nitrogen and oxygen atoms in total. The number of hydrogen-bond donors (Lipinski definition) is 1. The molecule has 1 fully saturated rings. The second-order valence-corrected chi connectivity index (χ2v) is 8.33. The molecule has 3 rings (SSSR count). The first kappa shape index (κ1) is 26.9. The van der Waals surface area contributed by atoms with E-state index in [1.807, 2.05) is 25.1 Å². The molecule has 0 saturated carbocycles. The maximum absolute atomic E-state index is 13.1. The SMILES string of the molecule is CCCCOC(=O)N1CCN(C(=O)[C@H](C#P=O)NC(=O)c2cc(OC)nc(-c3ccccc3)n2)CC1. The number of nitrogens with one attached hydrogen (secondary N) is 1. The predicted molar refractivity (Wildman–Crippen MR) is 131 cm³/mol. The van der Waals surface area contributed by atoms with E-state index in [2.05, 4.69) is 20.9 Å². The van der Waals surface area contributed by atoms with Gasteiger partial charge in [0, 0.05) is 0 Å². The molecule has 12 heteroatoms. The summed E-state index contributed by atoms with van der Waals surface area (Å²) in [5.74, 6) is -0.718. The molecular formula is C24H28N5O6P. The number of methoxy groups -OCH3 is 1. The van der Waals surface area contributed by atoms with E-state index in [1.54, 1.807) is 12.1 Å². The Morgan fingerprint density at radius 3 is 2.44 bits per heavy atom. The number of ether oxygens (including phenoxy) is 2. The molecule has 36 heavy (non-hydrogen) atoms. The summed E-state index contributed by atoms with van der Waals surface area (Å²) in [6.45, 7) is 3.42. The average molecular weight is 513 g/mol. The Kier molecular flexibility index (Phi) is 10.0. The van der Waals surface area contributed by atoms with E-state index < -0.39 is 31.9 Å². The van der Waals surface area contributed by atoms with Gasteiger partial charge >= 0.3 is 203 Å². The molecule has 1 aliphatic rings. The number of carbonyl (C=O) groups excluding carboxylic acids is 3. The molecule has 0 unspecified atom stereocenters. The van der Waals surface area contributed by atoms with E-state index in [0.29, 0.717) is 12.2 Å². The number of nitrogens with zero attached hydrogens (tertiary/aromatic N) is 4. The summed E-state index contributed by atoms with van der Waals surface area (Å²) in [5, 5.41) is 2.53. The van der Waals surface area contributed by atoms with Crippen molar-refractivity contribution in [3.63, 3.8) is 0 Å². The molecule has 2 heterocycles. The Morgan fingerprint density at radius 1 is 1.11 bits per heavy atom. The maximum atomic E-state index is 13.1. The van der Waals surface area contributed by atoms with Crippen LogP contribution in [0.2, 0.25) is 0 Å². The first-order valence-corrected chi connectivity index (χ1v) is 12.4. The van der Waals surface area contributed by atoms with Crippen LogP contribution in [0, 0.1) is 5.63 Å². The fourth-order valence-electron chi connectivity index (χ4n) is 3.46. The van der Waals surface area contributed by atoms with Crippen molar-refractivity contribution in [2.75, 3.05) is 39.9 Å². The summed E-state index contributed by atoms with van der Waals surface area (Å²) in [4.78, 5) is 49.8. The molecule has 1 aromatic carbocycles. The molecule has 1 aromatic heterocycles. The summed E-state index contributed by atoms with van der Waals surface area (Å²) in [5.41, 5.74) is 3.09. The molecule has 1 saturated heterocycles. The molecule has 1 N–H and O–H groups in total. The van der Waals surface area contributed by atoms with Crippen molar-refractivity contribution in [3.05, 3.63) is 42.1 Å². The van der Waals surface area contributed by atoms with Crippen LogP contribution in [0.3, 0.4) is 0 Å². The zero-order valence-electron chi connectivity index (χ0n) is 20.2. The third-order valence-corrected chi connectivity index (χ3v) is 5.82. The van der Waals surface area contributed by atoms with Crippen LogP contribution in [0.1, 0.15) is 30.3 Å². The van der Waals surface area contributed by atoms with Crippen molar-refractivity contribution in [2.24, 2.45) is 0 Å². The van der Waals surface area contributed by atoms with Crippen molar-refractivity contribution >= 4 is 25.8 Å². The van der Waals surface area contributed by atoms with E-state index in [0.717, 1.165) is 12.8 Å². The van der Waals surface area contributed by atoms with Crippen LogP contribution in [-0.4, -0.2) is 83.6 Å². The molecule has 0 aliphatic carbocycles. The zero-order valence-corrected chi connectivity index (χ0v) is 21.1. The summed E-state index contributed by atoms with van der Waals surface area (Å²) in [6.07, 6.45) is 1.30. The summed E-state index contributed by atoms with van der Waals surface area (Å²) in [6, 6.07) is 9.13. The number of piperazine rings is 1. The third kappa shape index (κ3) is 7.16. The zero-order chi connectivity index (χ0) is 25.9. The number of unbranched alkanes of at least 4 members (excludes halogenated alkanes) is 1. The van der Waals surface area contributed by atoms with Gasteiger partial charge in [-0.2, -0.15) is 0 Å². The van der Waals surface area contributed by atoms with Gasteiger partial charge in [-0.25, -0.2) is 0 Å². The number of rotatable bonds is 8. The van der Waals surface area contributed by atoms with Crippen LogP contribution < -0.4 is 10.1 Å². The second kappa shape index (κ2) is 13.4. The average Bonchev–Trinajstić information content (AvgIpc) is 2.92. The first-order valence-electron chi connectivity index (χ1n) is 11.5. The van der Waals surface area contributed by atoms with Gasteiger partial charge < -0.3 is 0 Å². The van der Waals surface area contributed by atoms with Crippen LogP contribution in [0.15, 0.2) is 36.4 Å². The number of benzene rings is 1. The molecule has 0 spiro atoms. The normalized spacial score (nSPS) is 13.8. The Bertz CT molecular complexity index is 1180. The number of amides is 3. The molecule has 190 valence electrons. The molecule has 3 amide bonds. The Labute approximate surface area is 210 Å². The molecule has 0 radical (unpaired) electrons. The molecule has 0 bridgehead atoms. The standard InChI is InChI=1S/C24H28N5O6P/c1-3-4-14-35-24(32)29-12-10-28(11-13-29)23(31)19(16-36-33)26-22(30)18-15-20(34-2)27-21(25-18)17-8-6-5-7-9-17/h5-9,15,19H,3-4,10-14H2,1-2H3,(H,26,30)/t19-/m0/s1. The van der Waals surface area contributed by atoms with Crippen molar-refractivity contribution in [3.8, 4) is 22.9 Å². The molecular weight excluding hydrogens is 485 g/mol. The first-order chi connectivity index (χ1) is 17.5. The summed E-state index contributed by atoms with van der Waals surface area (Å²) in [7, 11) is 0.879. The summed E-state index contributed by atoms with van der Waals surface area (Å²) < 4.78 is 21.7. The van der Waals surface area contributed by atoms with Gasteiger partial charge in [-0.15, -0.1) is 0 Å². The fourth-order valence-corrected chi connectivity index (χ4v) is 3.74. The van der Waals surface area contributed by atoms with Crippen LogP contribution in [0.25, 0.3) is 11.4 Å². The van der Waals surface area contributed by atoms with Gasteiger partial charge in [0.2, 0.25) is 0 Å². The fraction of sp³-hybridized carbons (Fsp3) is 0.417. The van der Waals surface area contributed by atoms with E-state index in [9.17, 15) is 18.9 Å². The molecule has 2 aromatic rings. The van der Waals surface area contributed by atoms with E-state index in [4.69, 9.17) is 9.47 Å². The minimum atomic E-state index is -1.28. The molecule has 1 atom stereocenters.